The predicted octanol–water partition coefficient (Wildman–Crippen LogP) is 2.42. The van der Waals surface area contributed by atoms with Crippen LogP contribution in [0.2, 0.25) is 0 Å². The van der Waals surface area contributed by atoms with Gasteiger partial charge >= 0.3 is 6.03 Å². The quantitative estimate of drug-likeness (QED) is 0.805. The molecule has 0 spiro atoms. The van der Waals surface area contributed by atoms with E-state index in [2.05, 4.69) is 24.4 Å². The summed E-state index contributed by atoms with van der Waals surface area (Å²) in [5.74, 6) is 0. The first kappa shape index (κ1) is 16.5. The Kier molecular flexibility index (Phi) is 7.09. The van der Waals surface area contributed by atoms with Crippen molar-refractivity contribution in [1.29, 1.82) is 0 Å². The molecule has 0 aliphatic rings. The van der Waals surface area contributed by atoms with Crippen molar-refractivity contribution in [3.8, 4) is 0 Å². The van der Waals surface area contributed by atoms with Crippen LogP contribution < -0.4 is 5.32 Å². The van der Waals surface area contributed by atoms with E-state index in [1.807, 2.05) is 25.1 Å². The molecule has 0 heterocycles. The van der Waals surface area contributed by atoms with Gasteiger partial charge < -0.3 is 15.3 Å². The third-order valence-corrected chi connectivity index (χ3v) is 3.54. The fraction of sp³-hybridized carbons (Fsp3) is 0.562. The van der Waals surface area contributed by atoms with Crippen molar-refractivity contribution >= 4 is 6.03 Å². The molecule has 0 saturated heterocycles. The van der Waals surface area contributed by atoms with Gasteiger partial charge in [0.05, 0.1) is 12.6 Å². The van der Waals surface area contributed by atoms with Gasteiger partial charge in [-0.05, 0) is 25.3 Å². The number of carbonyl (C=O) groups excluding carboxylic acids is 1. The Morgan fingerprint density at radius 2 is 2.00 bits per heavy atom. The number of benzene rings is 1. The molecule has 1 rings (SSSR count). The Morgan fingerprint density at radius 3 is 2.55 bits per heavy atom. The third-order valence-electron chi connectivity index (χ3n) is 3.54. The largest absolute Gasteiger partial charge is 0.394 e. The van der Waals surface area contributed by atoms with E-state index in [-0.39, 0.29) is 24.7 Å². The molecule has 1 aromatic carbocycles. The van der Waals surface area contributed by atoms with Crippen LogP contribution in [0.5, 0.6) is 0 Å². The van der Waals surface area contributed by atoms with Gasteiger partial charge in [-0.25, -0.2) is 4.79 Å². The Balaban J connectivity index is 2.60. The lowest BCUT2D eigenvalue weighted by molar-refractivity contribution is 0.154. The molecule has 4 heteroatoms. The molecule has 112 valence electrons. The van der Waals surface area contributed by atoms with Crippen LogP contribution in [0.1, 0.15) is 32.3 Å². The number of nitrogens with zero attached hydrogens (tertiary/aromatic N) is 1. The van der Waals surface area contributed by atoms with Crippen molar-refractivity contribution in [3.05, 3.63) is 35.9 Å². The predicted molar refractivity (Wildman–Crippen MR) is 81.7 cm³/mol. The summed E-state index contributed by atoms with van der Waals surface area (Å²) in [5.41, 5.74) is 1.23. The van der Waals surface area contributed by atoms with Crippen LogP contribution in [0.15, 0.2) is 30.3 Å². The maximum absolute atomic E-state index is 12.1. The maximum atomic E-state index is 12.1. The van der Waals surface area contributed by atoms with E-state index in [0.29, 0.717) is 0 Å². The second-order valence-corrected chi connectivity index (χ2v) is 5.27. The minimum atomic E-state index is -0.172. The normalized spacial score (nSPS) is 13.6. The first-order chi connectivity index (χ1) is 9.58. The molecule has 0 aliphatic carbocycles. The van der Waals surface area contributed by atoms with Crippen molar-refractivity contribution in [2.45, 2.75) is 45.2 Å². The monoisotopic (exact) mass is 278 g/mol. The van der Waals surface area contributed by atoms with Gasteiger partial charge in [-0.2, -0.15) is 0 Å². The van der Waals surface area contributed by atoms with E-state index in [1.54, 1.807) is 11.9 Å². The fourth-order valence-corrected chi connectivity index (χ4v) is 2.07. The molecule has 0 aliphatic heterocycles. The lowest BCUT2D eigenvalue weighted by Crippen LogP contribution is -2.48. The zero-order valence-corrected chi connectivity index (χ0v) is 12.7. The van der Waals surface area contributed by atoms with E-state index in [1.165, 1.54) is 5.56 Å². The van der Waals surface area contributed by atoms with Crippen LogP contribution in [0.25, 0.3) is 0 Å². The second-order valence-electron chi connectivity index (χ2n) is 5.27. The molecular formula is C16H26N2O2. The van der Waals surface area contributed by atoms with Gasteiger partial charge in [-0.1, -0.05) is 43.7 Å². The van der Waals surface area contributed by atoms with Gasteiger partial charge in [0.1, 0.15) is 0 Å². The van der Waals surface area contributed by atoms with Gasteiger partial charge in [0.25, 0.3) is 0 Å². The summed E-state index contributed by atoms with van der Waals surface area (Å²) in [5, 5.41) is 12.2. The summed E-state index contributed by atoms with van der Waals surface area (Å²) in [6.07, 6.45) is 2.81. The zero-order valence-electron chi connectivity index (χ0n) is 12.7. The number of rotatable bonds is 7. The summed E-state index contributed by atoms with van der Waals surface area (Å²) >= 11 is 0. The number of urea groups is 1. The first-order valence-corrected chi connectivity index (χ1v) is 7.26. The molecule has 20 heavy (non-hydrogen) atoms. The van der Waals surface area contributed by atoms with Crippen LogP contribution in [-0.2, 0) is 6.42 Å². The fourth-order valence-electron chi connectivity index (χ4n) is 2.07. The smallest absolute Gasteiger partial charge is 0.317 e. The molecule has 2 atom stereocenters. The highest BCUT2D eigenvalue weighted by molar-refractivity contribution is 5.74. The van der Waals surface area contributed by atoms with E-state index in [9.17, 15) is 4.79 Å². The Morgan fingerprint density at radius 1 is 1.35 bits per heavy atom. The molecule has 2 N–H and O–H groups in total. The minimum Gasteiger partial charge on any atom is -0.394 e. The van der Waals surface area contributed by atoms with E-state index in [0.717, 1.165) is 19.3 Å². The summed E-state index contributed by atoms with van der Waals surface area (Å²) in [7, 11) is 1.71. The standard InChI is InChI=1S/C16H26N2O2/c1-4-8-15(11-14-9-6-5-7-10-14)17-16(20)18(3)13(2)12-19/h5-7,9-10,13,15,19H,4,8,11-12H2,1-3H3,(H,17,20). The van der Waals surface area contributed by atoms with Gasteiger partial charge in [-0.3, -0.25) is 0 Å². The lowest BCUT2D eigenvalue weighted by atomic mass is 10.0. The van der Waals surface area contributed by atoms with Crippen LogP contribution in [0.4, 0.5) is 4.79 Å². The minimum absolute atomic E-state index is 0.0267. The Labute approximate surface area is 121 Å². The van der Waals surface area contributed by atoms with Crippen LogP contribution in [0, 0.1) is 0 Å². The first-order valence-electron chi connectivity index (χ1n) is 7.26. The van der Waals surface area contributed by atoms with Crippen molar-refractivity contribution in [3.63, 3.8) is 0 Å². The second kappa shape index (κ2) is 8.59. The maximum Gasteiger partial charge on any atom is 0.317 e. The number of likely N-dealkylation sites (N-methyl/N-ethyl adjacent to an activating group) is 1. The number of amides is 2. The molecule has 2 amide bonds. The number of aliphatic hydroxyl groups excluding tert-OH is 1. The Bertz CT molecular complexity index is 395. The van der Waals surface area contributed by atoms with Crippen LogP contribution >= 0.6 is 0 Å². The summed E-state index contributed by atoms with van der Waals surface area (Å²) < 4.78 is 0. The number of nitrogens with one attached hydrogen (secondary N) is 1. The molecule has 0 saturated carbocycles. The molecule has 1 aromatic rings. The van der Waals surface area contributed by atoms with E-state index in [4.69, 9.17) is 5.11 Å². The van der Waals surface area contributed by atoms with Crippen LogP contribution in [0.3, 0.4) is 0 Å². The van der Waals surface area contributed by atoms with Crippen molar-refractivity contribution < 1.29 is 9.90 Å². The molecule has 0 bridgehead atoms. The summed E-state index contributed by atoms with van der Waals surface area (Å²) in [4.78, 5) is 13.7. The molecule has 0 aromatic heterocycles. The zero-order chi connectivity index (χ0) is 15.0. The molecule has 0 radical (unpaired) electrons. The average molecular weight is 278 g/mol. The van der Waals surface area contributed by atoms with E-state index < -0.39 is 0 Å². The van der Waals surface area contributed by atoms with Gasteiger partial charge in [0, 0.05) is 13.1 Å². The summed E-state index contributed by atoms with van der Waals surface area (Å²) in [6, 6.07) is 10.0. The van der Waals surface area contributed by atoms with Crippen molar-refractivity contribution in [2.75, 3.05) is 13.7 Å². The van der Waals surface area contributed by atoms with Gasteiger partial charge in [-0.15, -0.1) is 0 Å². The molecular weight excluding hydrogens is 252 g/mol. The van der Waals surface area contributed by atoms with Gasteiger partial charge in [0.2, 0.25) is 0 Å². The average Bonchev–Trinajstić information content (AvgIpc) is 2.46. The SMILES string of the molecule is CCCC(Cc1ccccc1)NC(=O)N(C)C(C)CO. The molecule has 2 unspecified atom stereocenters. The highest BCUT2D eigenvalue weighted by atomic mass is 16.3. The van der Waals surface area contributed by atoms with Crippen molar-refractivity contribution in [1.82, 2.24) is 10.2 Å². The topological polar surface area (TPSA) is 52.6 Å². The number of hydrogen-bond acceptors (Lipinski definition) is 2. The third kappa shape index (κ3) is 5.21. The number of carbonyl (C=O) groups is 1. The molecule has 0 fully saturated rings. The van der Waals surface area contributed by atoms with Crippen LogP contribution in [-0.4, -0.2) is 41.8 Å². The highest BCUT2D eigenvalue weighted by Gasteiger charge is 2.18. The summed E-state index contributed by atoms with van der Waals surface area (Å²) in [6.45, 7) is 3.91. The Hall–Kier alpha value is -1.55. The van der Waals surface area contributed by atoms with E-state index >= 15 is 0 Å². The lowest BCUT2D eigenvalue weighted by Gasteiger charge is -2.27. The highest BCUT2D eigenvalue weighted by Crippen LogP contribution is 2.08. The number of aliphatic hydroxyl groups is 1. The van der Waals surface area contributed by atoms with Gasteiger partial charge in [0.15, 0.2) is 0 Å². The molecule has 4 nitrogen and oxygen atoms in total. The van der Waals surface area contributed by atoms with Crippen molar-refractivity contribution in [2.24, 2.45) is 0 Å². The number of hydrogen-bond donors (Lipinski definition) is 2.